The second kappa shape index (κ2) is 31.8. The molecular weight excluding hydrogens is 1550 g/mol. The number of nitrogens with zero attached hydrogens (tertiary/aromatic N) is 4. The number of benzene rings is 22. The minimum Gasteiger partial charge on any atom is -0.310 e. The molecule has 0 saturated carbocycles. The van der Waals surface area contributed by atoms with Crippen LogP contribution in [0.5, 0.6) is 0 Å². The van der Waals surface area contributed by atoms with Crippen molar-refractivity contribution in [2.45, 2.75) is 0 Å². The van der Waals surface area contributed by atoms with Gasteiger partial charge in [0.2, 0.25) is 0 Å². The van der Waals surface area contributed by atoms with Crippen LogP contribution in [-0.4, -0.2) is 9.13 Å². The van der Waals surface area contributed by atoms with Gasteiger partial charge in [-0.2, -0.15) is 0 Å². The Morgan fingerprint density at radius 1 is 0.133 bits per heavy atom. The molecule has 0 aliphatic carbocycles. The number of rotatable bonds is 17. The predicted molar refractivity (Wildman–Crippen MR) is 543 cm³/mol. The van der Waals surface area contributed by atoms with E-state index in [1.165, 1.54) is 115 Å². The molecular formula is C124H82N4. The van der Waals surface area contributed by atoms with E-state index in [2.05, 4.69) is 516 Å². The molecule has 128 heavy (non-hydrogen) atoms. The molecule has 598 valence electrons. The fourth-order valence-electron chi connectivity index (χ4n) is 20.0. The molecule has 0 saturated heterocycles. The molecule has 0 amide bonds. The highest BCUT2D eigenvalue weighted by Crippen LogP contribution is 2.49. The van der Waals surface area contributed by atoms with Crippen molar-refractivity contribution in [1.29, 1.82) is 0 Å². The monoisotopic (exact) mass is 1630 g/mol. The van der Waals surface area contributed by atoms with Crippen molar-refractivity contribution in [3.8, 4) is 112 Å². The van der Waals surface area contributed by atoms with Gasteiger partial charge in [0.1, 0.15) is 0 Å². The zero-order valence-corrected chi connectivity index (χ0v) is 70.1. The van der Waals surface area contributed by atoms with Gasteiger partial charge in [0, 0.05) is 66.9 Å². The topological polar surface area (TPSA) is 16.3 Å². The van der Waals surface area contributed by atoms with Crippen molar-refractivity contribution in [3.05, 3.63) is 497 Å². The lowest BCUT2D eigenvalue weighted by molar-refractivity contribution is 1.18. The van der Waals surface area contributed by atoms with Gasteiger partial charge in [0.25, 0.3) is 0 Å². The first kappa shape index (κ1) is 74.9. The second-order valence-corrected chi connectivity index (χ2v) is 33.4. The van der Waals surface area contributed by atoms with Crippen LogP contribution in [0.15, 0.2) is 497 Å². The van der Waals surface area contributed by atoms with Crippen LogP contribution in [0.25, 0.3) is 198 Å². The molecule has 24 rings (SSSR count). The van der Waals surface area contributed by atoms with Crippen molar-refractivity contribution in [2.75, 3.05) is 9.80 Å². The molecule has 24 aromatic rings. The highest BCUT2D eigenvalue weighted by atomic mass is 15.1. The quantitative estimate of drug-likeness (QED) is 0.0845. The Morgan fingerprint density at radius 2 is 0.484 bits per heavy atom. The van der Waals surface area contributed by atoms with Gasteiger partial charge in [-0.15, -0.1) is 0 Å². The number of aromatic nitrogens is 2. The van der Waals surface area contributed by atoms with Crippen molar-refractivity contribution in [3.63, 3.8) is 0 Å². The SMILES string of the molecule is c1ccc(-c2cccc(N(c3ccc(-c4ccc(-n5c6ccccc6c6ccccc65)cc4-c4ccccc4)cc3)c3ccc(-c4cc5ccc(-c6ccc7c8ccccc8n(-c8ccc(-c9ccc(N(c%10ccc(-c%11cc%12ccccc%12c%12ccccc%11%12)cc%10)c%10ccccc%10-c%10ccccc%10)cc9-c9ccccc9)cc8)c7c6)cc5c5ccccc45)cc3)c2)cc1. The average molecular weight is 1630 g/mol. The van der Waals surface area contributed by atoms with Crippen molar-refractivity contribution < 1.29 is 0 Å². The Hall–Kier alpha value is -16.9. The molecule has 4 nitrogen and oxygen atoms in total. The van der Waals surface area contributed by atoms with Gasteiger partial charge < -0.3 is 18.9 Å². The van der Waals surface area contributed by atoms with Crippen LogP contribution in [0.4, 0.5) is 34.1 Å². The lowest BCUT2D eigenvalue weighted by atomic mass is 9.91. The summed E-state index contributed by atoms with van der Waals surface area (Å²) in [5.74, 6) is 0. The summed E-state index contributed by atoms with van der Waals surface area (Å²) in [4.78, 5) is 4.84. The maximum atomic E-state index is 2.45. The molecule has 0 aliphatic rings. The molecule has 2 aromatic heterocycles. The van der Waals surface area contributed by atoms with E-state index >= 15 is 0 Å². The van der Waals surface area contributed by atoms with Crippen LogP contribution < -0.4 is 9.80 Å². The molecule has 0 N–H and O–H groups in total. The molecule has 4 heteroatoms. The van der Waals surface area contributed by atoms with E-state index in [1.54, 1.807) is 0 Å². The van der Waals surface area contributed by atoms with E-state index in [9.17, 15) is 0 Å². The van der Waals surface area contributed by atoms with Gasteiger partial charge in [0.15, 0.2) is 0 Å². The summed E-state index contributed by atoms with van der Waals surface area (Å²) in [5, 5.41) is 14.7. The van der Waals surface area contributed by atoms with E-state index < -0.39 is 0 Å². The third kappa shape index (κ3) is 13.3. The molecule has 0 bridgehead atoms. The first-order valence-corrected chi connectivity index (χ1v) is 44.1. The van der Waals surface area contributed by atoms with E-state index in [-0.39, 0.29) is 0 Å². The molecule has 0 aliphatic heterocycles. The molecule has 0 atom stereocenters. The first-order chi connectivity index (χ1) is 63.5. The van der Waals surface area contributed by atoms with E-state index in [4.69, 9.17) is 0 Å². The minimum atomic E-state index is 1.06. The molecule has 0 spiro atoms. The van der Waals surface area contributed by atoms with Crippen LogP contribution in [-0.2, 0) is 0 Å². The van der Waals surface area contributed by atoms with Crippen LogP contribution in [0.3, 0.4) is 0 Å². The number of hydrogen-bond donors (Lipinski definition) is 0. The summed E-state index contributed by atoms with van der Waals surface area (Å²) in [6.45, 7) is 0. The van der Waals surface area contributed by atoms with Gasteiger partial charge in [-0.3, -0.25) is 0 Å². The Kier molecular flexibility index (Phi) is 18.6. The largest absolute Gasteiger partial charge is 0.310 e. The summed E-state index contributed by atoms with van der Waals surface area (Å²) >= 11 is 0. The normalized spacial score (nSPS) is 11.6. The summed E-state index contributed by atoms with van der Waals surface area (Å²) < 4.78 is 4.86. The third-order valence-corrected chi connectivity index (χ3v) is 26.1. The Morgan fingerprint density at radius 3 is 1.05 bits per heavy atom. The number of fused-ring (bicyclic) bond motifs is 12. The van der Waals surface area contributed by atoms with E-state index in [1.807, 2.05) is 0 Å². The molecule has 0 fully saturated rings. The third-order valence-electron chi connectivity index (χ3n) is 26.1. The standard InChI is InChI=1S/C124H82N4/c1-5-28-83(29-6-1)91-37-27-38-100(76-91)125(96-63-54-87(55-64-96)105-75-72-102(82-119(105)86-34-11-4-12-35-86)128-122-50-25-20-45-111(122)112-46-21-26-51-123(112)128)97-65-58-89(59-66-97)116-79-95-53-52-92(77-117(95)110-44-18-17-43-109(110)116)93-62-73-114-113-47-22-24-49-121(113)127(124(114)80-93)99-69-56-88(57-70-99)104-74-71-101(81-118(104)85-32-9-3-10-33-85)126(120-48-23-19-40-106(120)84-30-7-2-8-31-84)98-67-60-90(61-68-98)115-78-94-36-13-14-39-103(94)107-41-15-16-42-108(107)115/h1-82H. The number of hydrogen-bond acceptors (Lipinski definition) is 2. The molecule has 0 unspecified atom stereocenters. The highest BCUT2D eigenvalue weighted by Gasteiger charge is 2.25. The maximum absolute atomic E-state index is 2.45. The van der Waals surface area contributed by atoms with Crippen LogP contribution in [0, 0.1) is 0 Å². The van der Waals surface area contributed by atoms with E-state index in [0.717, 1.165) is 118 Å². The second-order valence-electron chi connectivity index (χ2n) is 33.4. The van der Waals surface area contributed by atoms with Crippen molar-refractivity contribution in [2.24, 2.45) is 0 Å². The Bertz CT molecular complexity index is 8330. The van der Waals surface area contributed by atoms with E-state index in [0.29, 0.717) is 0 Å². The first-order valence-electron chi connectivity index (χ1n) is 44.1. The minimum absolute atomic E-state index is 1.06. The number of anilines is 6. The maximum Gasteiger partial charge on any atom is 0.0547 e. The van der Waals surface area contributed by atoms with Gasteiger partial charge in [-0.05, 0) is 271 Å². The lowest BCUT2D eigenvalue weighted by Gasteiger charge is -2.29. The van der Waals surface area contributed by atoms with Crippen molar-refractivity contribution in [1.82, 2.24) is 9.13 Å². The lowest BCUT2D eigenvalue weighted by Crippen LogP contribution is -2.11. The summed E-state index contributed by atoms with van der Waals surface area (Å²) in [6, 6.07) is 183. The smallest absolute Gasteiger partial charge is 0.0547 e. The highest BCUT2D eigenvalue weighted by molar-refractivity contribution is 6.17. The molecule has 0 radical (unpaired) electrons. The molecule has 2 heterocycles. The predicted octanol–water partition coefficient (Wildman–Crippen LogP) is 34.4. The Labute approximate surface area is 743 Å². The van der Waals surface area contributed by atoms with Gasteiger partial charge in [-0.25, -0.2) is 0 Å². The number of para-hydroxylation sites is 4. The molecule has 22 aromatic carbocycles. The van der Waals surface area contributed by atoms with Gasteiger partial charge in [-0.1, -0.05) is 364 Å². The fraction of sp³-hybridized carbons (Fsp3) is 0. The summed E-state index contributed by atoms with van der Waals surface area (Å²) in [6.07, 6.45) is 0. The van der Waals surface area contributed by atoms with Gasteiger partial charge >= 0.3 is 0 Å². The van der Waals surface area contributed by atoms with Crippen LogP contribution >= 0.6 is 0 Å². The average Bonchev–Trinajstić information content (AvgIpc) is 1.66. The zero-order valence-electron chi connectivity index (χ0n) is 70.1. The van der Waals surface area contributed by atoms with Gasteiger partial charge in [0.05, 0.1) is 27.8 Å². The fourth-order valence-corrected chi connectivity index (χ4v) is 20.0. The zero-order chi connectivity index (χ0) is 84.5. The van der Waals surface area contributed by atoms with Crippen LogP contribution in [0.2, 0.25) is 0 Å². The van der Waals surface area contributed by atoms with Crippen LogP contribution in [0.1, 0.15) is 0 Å². The Balaban J connectivity index is 0.558. The van der Waals surface area contributed by atoms with Crippen molar-refractivity contribution >= 4 is 121 Å². The summed E-state index contributed by atoms with van der Waals surface area (Å²) in [7, 11) is 0. The summed E-state index contributed by atoms with van der Waals surface area (Å²) in [5.41, 5.74) is 34.2.